The van der Waals surface area contributed by atoms with Crippen molar-refractivity contribution in [1.29, 1.82) is 0 Å². The van der Waals surface area contributed by atoms with Gasteiger partial charge in [0.15, 0.2) is 17.3 Å². The van der Waals surface area contributed by atoms with Crippen molar-refractivity contribution in [3.8, 4) is 11.5 Å². The lowest BCUT2D eigenvalue weighted by Crippen LogP contribution is -2.35. The second-order valence-corrected chi connectivity index (χ2v) is 11.0. The van der Waals surface area contributed by atoms with Crippen LogP contribution in [0.2, 0.25) is 5.02 Å². The van der Waals surface area contributed by atoms with E-state index < -0.39 is 17.6 Å². The van der Waals surface area contributed by atoms with Gasteiger partial charge in [-0.1, -0.05) is 23.7 Å². The maximum Gasteiger partial charge on any atom is 0.328 e. The summed E-state index contributed by atoms with van der Waals surface area (Å²) in [5.41, 5.74) is 1.35. The Kier molecular flexibility index (Phi) is 7.24. The number of benzene rings is 2. The molecule has 3 aliphatic heterocycles. The molecule has 1 unspecified atom stereocenters. The molecule has 1 N–H and O–H groups in total. The largest absolute Gasteiger partial charge is 0.478 e. The lowest BCUT2D eigenvalue weighted by molar-refractivity contribution is -0.131. The predicted molar refractivity (Wildman–Crippen MR) is 145 cm³/mol. The zero-order valence-electron chi connectivity index (χ0n) is 22.1. The first kappa shape index (κ1) is 26.7. The molecule has 6 rings (SSSR count). The number of hydrogen-bond donors (Lipinski definition) is 1. The number of likely N-dealkylation sites (tertiary alicyclic amines) is 1. The second-order valence-electron chi connectivity index (χ2n) is 10.5. The molecule has 0 spiro atoms. The quantitative estimate of drug-likeness (QED) is 0.380. The number of nitrogens with zero attached hydrogens (tertiary/aromatic N) is 4. The SMILES string of the molecule is CC1(c2ccc(Cl)cc2F)Oc2cccc(C3CCN(Cc4nnc(/C=C/C(=O)O)n4C[C@@H]4CCO4)CC3)c2O1. The molecule has 1 aromatic heterocycles. The molecule has 9 nitrogen and oxygen atoms in total. The minimum Gasteiger partial charge on any atom is -0.478 e. The summed E-state index contributed by atoms with van der Waals surface area (Å²) in [7, 11) is 0. The summed E-state index contributed by atoms with van der Waals surface area (Å²) in [5, 5.41) is 18.0. The van der Waals surface area contributed by atoms with E-state index in [1.807, 2.05) is 16.7 Å². The number of carbonyl (C=O) groups is 1. The lowest BCUT2D eigenvalue weighted by Gasteiger charge is -2.33. The summed E-state index contributed by atoms with van der Waals surface area (Å²) in [5.74, 6) is 0.0291. The van der Waals surface area contributed by atoms with Crippen LogP contribution < -0.4 is 9.47 Å². The van der Waals surface area contributed by atoms with Gasteiger partial charge in [0.2, 0.25) is 0 Å². The minimum atomic E-state index is -1.28. The molecule has 2 saturated heterocycles. The van der Waals surface area contributed by atoms with Crippen molar-refractivity contribution in [2.45, 2.75) is 57.1 Å². The van der Waals surface area contributed by atoms with E-state index in [-0.39, 0.29) is 12.0 Å². The standard InChI is InChI=1S/C29H30ClFN4O5/c1-29(22-6-5-19(30)15-23(22)31)39-24-4-2-3-21(28(24)40-29)18-9-12-34(13-10-18)17-26-33-32-25(7-8-27(36)37)35(26)16-20-11-14-38-20/h2-8,15,18,20H,9-14,16-17H2,1H3,(H,36,37)/b8-7+/t20-,29?/m0/s1. The summed E-state index contributed by atoms with van der Waals surface area (Å²) in [4.78, 5) is 13.4. The summed E-state index contributed by atoms with van der Waals surface area (Å²) in [6, 6.07) is 10.3. The van der Waals surface area contributed by atoms with Gasteiger partial charge in [0.1, 0.15) is 11.6 Å². The highest BCUT2D eigenvalue weighted by Gasteiger charge is 2.43. The zero-order valence-corrected chi connectivity index (χ0v) is 22.8. The Labute approximate surface area is 236 Å². The first-order valence-corrected chi connectivity index (χ1v) is 13.8. The highest BCUT2D eigenvalue weighted by Crippen LogP contribution is 2.49. The third kappa shape index (κ3) is 5.31. The Morgan fingerprint density at radius 2 is 2.00 bits per heavy atom. The highest BCUT2D eigenvalue weighted by molar-refractivity contribution is 6.30. The number of rotatable bonds is 8. The molecule has 2 aromatic carbocycles. The molecule has 0 bridgehead atoms. The van der Waals surface area contributed by atoms with E-state index in [4.69, 9.17) is 30.9 Å². The second kappa shape index (κ2) is 10.8. The van der Waals surface area contributed by atoms with Crippen molar-refractivity contribution in [2.24, 2.45) is 0 Å². The number of carboxylic acid groups (broad SMARTS) is 1. The molecule has 4 heterocycles. The van der Waals surface area contributed by atoms with Gasteiger partial charge in [0.05, 0.1) is 24.8 Å². The van der Waals surface area contributed by atoms with E-state index in [1.54, 1.807) is 19.1 Å². The van der Waals surface area contributed by atoms with Crippen molar-refractivity contribution >= 4 is 23.6 Å². The normalized spacial score (nSPS) is 23.0. The van der Waals surface area contributed by atoms with Crippen molar-refractivity contribution in [3.63, 3.8) is 0 Å². The molecule has 40 heavy (non-hydrogen) atoms. The highest BCUT2D eigenvalue weighted by atomic mass is 35.5. The molecule has 0 saturated carbocycles. The van der Waals surface area contributed by atoms with Gasteiger partial charge in [0.25, 0.3) is 5.79 Å². The Morgan fingerprint density at radius 3 is 2.70 bits per heavy atom. The summed E-state index contributed by atoms with van der Waals surface area (Å²) < 4.78 is 34.8. The maximum absolute atomic E-state index is 14.8. The van der Waals surface area contributed by atoms with Gasteiger partial charge in [-0.25, -0.2) is 9.18 Å². The van der Waals surface area contributed by atoms with Crippen LogP contribution in [0.3, 0.4) is 0 Å². The van der Waals surface area contributed by atoms with Gasteiger partial charge in [-0.2, -0.15) is 0 Å². The number of aliphatic carboxylic acids is 1. The molecular formula is C29H30ClFN4O5. The minimum absolute atomic E-state index is 0.0897. The topological polar surface area (TPSA) is 98.9 Å². The first-order valence-electron chi connectivity index (χ1n) is 13.4. The van der Waals surface area contributed by atoms with Gasteiger partial charge in [-0.3, -0.25) is 4.90 Å². The predicted octanol–water partition coefficient (Wildman–Crippen LogP) is 4.98. The van der Waals surface area contributed by atoms with Crippen LogP contribution in [-0.2, 0) is 28.4 Å². The van der Waals surface area contributed by atoms with E-state index in [0.29, 0.717) is 41.0 Å². The average molecular weight is 569 g/mol. The average Bonchev–Trinajstić information content (AvgIpc) is 3.45. The number of carboxylic acids is 1. The Balaban J connectivity index is 1.14. The van der Waals surface area contributed by atoms with E-state index >= 15 is 0 Å². The molecule has 0 amide bonds. The van der Waals surface area contributed by atoms with Crippen LogP contribution in [-0.4, -0.2) is 56.5 Å². The van der Waals surface area contributed by atoms with Crippen LogP contribution in [0.15, 0.2) is 42.5 Å². The number of aromatic nitrogens is 3. The number of piperidine rings is 1. The van der Waals surface area contributed by atoms with Crippen molar-refractivity contribution in [1.82, 2.24) is 19.7 Å². The fraction of sp³-hybridized carbons (Fsp3) is 0.414. The molecule has 0 radical (unpaired) electrons. The maximum atomic E-state index is 14.8. The van der Waals surface area contributed by atoms with Crippen LogP contribution in [0.4, 0.5) is 4.39 Å². The van der Waals surface area contributed by atoms with Crippen LogP contribution >= 0.6 is 11.6 Å². The van der Waals surface area contributed by atoms with Crippen LogP contribution in [0.25, 0.3) is 6.08 Å². The summed E-state index contributed by atoms with van der Waals surface area (Å²) in [6.45, 7) is 5.33. The number of halogens is 2. The number of fused-ring (bicyclic) bond motifs is 1. The monoisotopic (exact) mass is 568 g/mol. The third-order valence-electron chi connectivity index (χ3n) is 7.83. The van der Waals surface area contributed by atoms with Crippen molar-refractivity contribution in [3.05, 3.63) is 76.1 Å². The van der Waals surface area contributed by atoms with E-state index in [9.17, 15) is 9.18 Å². The van der Waals surface area contributed by atoms with Gasteiger partial charge in [-0.05, 0) is 68.6 Å². The van der Waals surface area contributed by atoms with Crippen LogP contribution in [0.5, 0.6) is 11.5 Å². The van der Waals surface area contributed by atoms with Crippen molar-refractivity contribution in [2.75, 3.05) is 19.7 Å². The summed E-state index contributed by atoms with van der Waals surface area (Å²) >= 11 is 5.95. The molecule has 3 aromatic rings. The smallest absolute Gasteiger partial charge is 0.328 e. The van der Waals surface area contributed by atoms with E-state index in [2.05, 4.69) is 21.2 Å². The fourth-order valence-electron chi connectivity index (χ4n) is 5.61. The zero-order chi connectivity index (χ0) is 27.9. The van der Waals surface area contributed by atoms with Gasteiger partial charge < -0.3 is 23.9 Å². The Bertz CT molecular complexity index is 1450. The van der Waals surface area contributed by atoms with Crippen LogP contribution in [0.1, 0.15) is 54.9 Å². The Hall–Kier alpha value is -3.47. The fourth-order valence-corrected chi connectivity index (χ4v) is 5.76. The van der Waals surface area contributed by atoms with E-state index in [0.717, 1.165) is 56.4 Å². The number of hydrogen-bond acceptors (Lipinski definition) is 7. The molecule has 210 valence electrons. The number of para-hydroxylation sites is 1. The lowest BCUT2D eigenvalue weighted by atomic mass is 9.88. The number of ether oxygens (including phenoxy) is 3. The van der Waals surface area contributed by atoms with Crippen molar-refractivity contribution < 1.29 is 28.5 Å². The molecular weight excluding hydrogens is 539 g/mol. The molecule has 3 aliphatic rings. The van der Waals surface area contributed by atoms with Gasteiger partial charge in [-0.15, -0.1) is 10.2 Å². The van der Waals surface area contributed by atoms with Gasteiger partial charge >= 0.3 is 5.97 Å². The van der Waals surface area contributed by atoms with Crippen LogP contribution in [0, 0.1) is 5.82 Å². The molecule has 11 heteroatoms. The van der Waals surface area contributed by atoms with Gasteiger partial charge in [0, 0.05) is 30.2 Å². The van der Waals surface area contributed by atoms with E-state index in [1.165, 1.54) is 12.1 Å². The summed E-state index contributed by atoms with van der Waals surface area (Å²) in [6.07, 6.45) is 5.41. The molecule has 0 aliphatic carbocycles. The molecule has 2 atom stereocenters. The first-order chi connectivity index (χ1) is 19.3. The Morgan fingerprint density at radius 1 is 1.20 bits per heavy atom. The third-order valence-corrected chi connectivity index (χ3v) is 8.07. The molecule has 2 fully saturated rings.